The Hall–Kier alpha value is -5.28. The molecule has 230 valence electrons. The van der Waals surface area contributed by atoms with Gasteiger partial charge in [-0.25, -0.2) is 4.68 Å². The standard InChI is InChI=1S/C37H34N6O2S/c1-3-45-32-21-13-11-19-30(32)39-35(44)33-25(2)38-36-40-37(46-24-27-16-8-5-9-17-27)41-43(36)34(33)29-23-42(22-26-14-6-4-7-15-26)31-20-12-10-18-28(29)31/h4-21,23,34H,3,22,24H2,1-2H3,(H,39,44)(H,38,40,41). The first-order chi connectivity index (χ1) is 22.6. The number of carbonyl (C=O) groups is 1. The van der Waals surface area contributed by atoms with Crippen LogP contribution in [0.5, 0.6) is 5.75 Å². The number of ether oxygens (including phenoxy) is 1. The summed E-state index contributed by atoms with van der Waals surface area (Å²) in [5.74, 6) is 1.72. The monoisotopic (exact) mass is 626 g/mol. The van der Waals surface area contributed by atoms with Crippen LogP contribution in [0.15, 0.2) is 132 Å². The first kappa shape index (κ1) is 29.4. The Kier molecular flexibility index (Phi) is 8.31. The average Bonchev–Trinajstić information content (AvgIpc) is 3.66. The Balaban J connectivity index is 1.32. The van der Waals surface area contributed by atoms with Crippen molar-refractivity contribution < 1.29 is 9.53 Å². The van der Waals surface area contributed by atoms with Gasteiger partial charge in [0.15, 0.2) is 0 Å². The Morgan fingerprint density at radius 2 is 1.61 bits per heavy atom. The summed E-state index contributed by atoms with van der Waals surface area (Å²) >= 11 is 1.57. The zero-order chi connectivity index (χ0) is 31.5. The van der Waals surface area contributed by atoms with Gasteiger partial charge in [-0.2, -0.15) is 4.98 Å². The molecule has 0 radical (unpaired) electrons. The Bertz CT molecular complexity index is 2030. The third-order valence-electron chi connectivity index (χ3n) is 8.03. The van der Waals surface area contributed by atoms with E-state index in [2.05, 4.69) is 76.0 Å². The minimum atomic E-state index is -0.531. The molecule has 1 aliphatic rings. The summed E-state index contributed by atoms with van der Waals surface area (Å²) in [6, 6.07) is 36.0. The van der Waals surface area contributed by atoms with Crippen LogP contribution in [0.4, 0.5) is 11.6 Å². The van der Waals surface area contributed by atoms with Gasteiger partial charge in [-0.05, 0) is 43.2 Å². The predicted octanol–water partition coefficient (Wildman–Crippen LogP) is 7.90. The number of aromatic nitrogens is 4. The largest absolute Gasteiger partial charge is 0.492 e. The molecule has 2 N–H and O–H groups in total. The summed E-state index contributed by atoms with van der Waals surface area (Å²) in [6.45, 7) is 5.04. The predicted molar refractivity (Wildman–Crippen MR) is 184 cm³/mol. The van der Waals surface area contributed by atoms with Gasteiger partial charge in [-0.1, -0.05) is 103 Å². The Labute approximate surface area is 272 Å². The molecular weight excluding hydrogens is 593 g/mol. The van der Waals surface area contributed by atoms with Crippen LogP contribution in [0.2, 0.25) is 0 Å². The van der Waals surface area contributed by atoms with Crippen molar-refractivity contribution in [2.75, 3.05) is 17.2 Å². The van der Waals surface area contributed by atoms with Crippen LogP contribution in [-0.4, -0.2) is 31.8 Å². The van der Waals surface area contributed by atoms with Crippen molar-refractivity contribution in [3.05, 3.63) is 143 Å². The number of nitrogens with zero attached hydrogens (tertiary/aromatic N) is 4. The molecular formula is C37H34N6O2S. The topological polar surface area (TPSA) is 86.0 Å². The molecule has 0 saturated carbocycles. The minimum absolute atomic E-state index is 0.235. The highest BCUT2D eigenvalue weighted by Gasteiger charge is 2.36. The van der Waals surface area contributed by atoms with Gasteiger partial charge < -0.3 is 19.9 Å². The number of thioether (sulfide) groups is 1. The van der Waals surface area contributed by atoms with Gasteiger partial charge in [0.05, 0.1) is 17.9 Å². The van der Waals surface area contributed by atoms with Crippen molar-refractivity contribution in [2.45, 2.75) is 37.3 Å². The van der Waals surface area contributed by atoms with E-state index in [0.29, 0.717) is 41.3 Å². The highest BCUT2D eigenvalue weighted by molar-refractivity contribution is 7.98. The quantitative estimate of drug-likeness (QED) is 0.150. The molecule has 0 fully saturated rings. The van der Waals surface area contributed by atoms with E-state index in [1.807, 2.05) is 73.1 Å². The molecule has 46 heavy (non-hydrogen) atoms. The van der Waals surface area contributed by atoms with Crippen LogP contribution in [0.3, 0.4) is 0 Å². The maximum Gasteiger partial charge on any atom is 0.255 e. The molecule has 0 saturated heterocycles. The lowest BCUT2D eigenvalue weighted by molar-refractivity contribution is -0.113. The second kappa shape index (κ2) is 13.0. The third kappa shape index (κ3) is 5.89. The molecule has 0 spiro atoms. The zero-order valence-electron chi connectivity index (χ0n) is 25.7. The summed E-state index contributed by atoms with van der Waals surface area (Å²) in [7, 11) is 0. The van der Waals surface area contributed by atoms with Crippen molar-refractivity contribution in [1.29, 1.82) is 0 Å². The number of hydrogen-bond acceptors (Lipinski definition) is 6. The van der Waals surface area contributed by atoms with Gasteiger partial charge in [-0.3, -0.25) is 4.79 Å². The maximum absolute atomic E-state index is 14.3. The van der Waals surface area contributed by atoms with E-state index in [1.165, 1.54) is 11.1 Å². The number of para-hydroxylation sites is 3. The number of carbonyl (C=O) groups excluding carboxylic acids is 1. The molecule has 1 unspecified atom stereocenters. The smallest absolute Gasteiger partial charge is 0.255 e. The minimum Gasteiger partial charge on any atom is -0.492 e. The molecule has 8 nitrogen and oxygen atoms in total. The van der Waals surface area contributed by atoms with Crippen molar-refractivity contribution in [2.24, 2.45) is 0 Å². The van der Waals surface area contributed by atoms with Crippen molar-refractivity contribution in [3.8, 4) is 5.75 Å². The van der Waals surface area contributed by atoms with E-state index in [9.17, 15) is 4.79 Å². The molecule has 1 amide bonds. The van der Waals surface area contributed by atoms with Gasteiger partial charge in [0.2, 0.25) is 11.1 Å². The zero-order valence-corrected chi connectivity index (χ0v) is 26.5. The fourth-order valence-corrected chi connectivity index (χ4v) is 6.73. The van der Waals surface area contributed by atoms with E-state index < -0.39 is 6.04 Å². The fourth-order valence-electron chi connectivity index (χ4n) is 5.94. The third-order valence-corrected chi connectivity index (χ3v) is 8.94. The van der Waals surface area contributed by atoms with E-state index >= 15 is 0 Å². The number of benzene rings is 4. The van der Waals surface area contributed by atoms with Crippen LogP contribution in [0.25, 0.3) is 10.9 Å². The SMILES string of the molecule is CCOc1ccccc1NC(=O)C1=C(C)Nc2nc(SCc3ccccc3)nn2C1c1cn(Cc2ccccc2)c2ccccc12. The number of allylic oxidation sites excluding steroid dienone is 1. The van der Waals surface area contributed by atoms with Crippen LogP contribution in [-0.2, 0) is 17.1 Å². The number of nitrogens with one attached hydrogen (secondary N) is 2. The molecule has 1 atom stereocenters. The number of fused-ring (bicyclic) bond motifs is 2. The molecule has 2 aromatic heterocycles. The van der Waals surface area contributed by atoms with Gasteiger partial charge >= 0.3 is 0 Å². The Morgan fingerprint density at radius 3 is 2.39 bits per heavy atom. The number of hydrogen-bond donors (Lipinski definition) is 2. The van der Waals surface area contributed by atoms with Gasteiger partial charge in [0.1, 0.15) is 11.8 Å². The maximum atomic E-state index is 14.3. The molecule has 0 aliphatic carbocycles. The summed E-state index contributed by atoms with van der Waals surface area (Å²) in [5, 5.41) is 13.2. The molecule has 6 aromatic rings. The van der Waals surface area contributed by atoms with E-state index in [1.54, 1.807) is 11.8 Å². The van der Waals surface area contributed by atoms with Crippen LogP contribution in [0, 0.1) is 0 Å². The lowest BCUT2D eigenvalue weighted by atomic mass is 9.94. The van der Waals surface area contributed by atoms with E-state index in [-0.39, 0.29) is 5.91 Å². The Morgan fingerprint density at radius 1 is 0.913 bits per heavy atom. The summed E-state index contributed by atoms with van der Waals surface area (Å²) in [4.78, 5) is 19.2. The lowest BCUT2D eigenvalue weighted by Gasteiger charge is -2.28. The summed E-state index contributed by atoms with van der Waals surface area (Å²) in [5.41, 5.74) is 6.33. The van der Waals surface area contributed by atoms with Crippen LogP contribution < -0.4 is 15.4 Å². The number of rotatable bonds is 10. The normalized spacial score (nSPS) is 14.2. The summed E-state index contributed by atoms with van der Waals surface area (Å²) in [6.07, 6.45) is 2.16. The van der Waals surface area contributed by atoms with E-state index in [4.69, 9.17) is 14.8 Å². The van der Waals surface area contributed by atoms with Crippen molar-refractivity contribution >= 4 is 40.2 Å². The van der Waals surface area contributed by atoms with E-state index in [0.717, 1.165) is 27.9 Å². The first-order valence-corrected chi connectivity index (χ1v) is 16.3. The van der Waals surface area contributed by atoms with Gasteiger partial charge in [0.25, 0.3) is 5.91 Å². The summed E-state index contributed by atoms with van der Waals surface area (Å²) < 4.78 is 9.93. The highest BCUT2D eigenvalue weighted by atomic mass is 32.2. The molecule has 4 aromatic carbocycles. The second-order valence-electron chi connectivity index (χ2n) is 11.1. The molecule has 7 rings (SSSR count). The molecule has 3 heterocycles. The van der Waals surface area contributed by atoms with Crippen molar-refractivity contribution in [3.63, 3.8) is 0 Å². The van der Waals surface area contributed by atoms with Crippen molar-refractivity contribution in [1.82, 2.24) is 19.3 Å². The van der Waals surface area contributed by atoms with Crippen LogP contribution in [0.1, 0.15) is 36.6 Å². The molecule has 0 bridgehead atoms. The van der Waals surface area contributed by atoms with Gasteiger partial charge in [-0.15, -0.1) is 5.10 Å². The number of anilines is 2. The average molecular weight is 627 g/mol. The molecule has 1 aliphatic heterocycles. The number of amides is 1. The first-order valence-electron chi connectivity index (χ1n) is 15.3. The fraction of sp³-hybridized carbons (Fsp3) is 0.162. The molecule has 9 heteroatoms. The lowest BCUT2D eigenvalue weighted by Crippen LogP contribution is -2.31. The van der Waals surface area contributed by atoms with Crippen LogP contribution >= 0.6 is 11.8 Å². The highest BCUT2D eigenvalue weighted by Crippen LogP contribution is 2.41. The van der Waals surface area contributed by atoms with Gasteiger partial charge in [0, 0.05) is 40.7 Å². The second-order valence-corrected chi connectivity index (χ2v) is 12.0.